The number of rotatable bonds is 9. The molecule has 2 N–H and O–H groups in total. The monoisotopic (exact) mass is 503 g/mol. The predicted molar refractivity (Wildman–Crippen MR) is 151 cm³/mol. The Morgan fingerprint density at radius 3 is 2.61 bits per heavy atom. The van der Waals surface area contributed by atoms with Crippen LogP contribution in [0.5, 0.6) is 0 Å². The second-order valence-electron chi connectivity index (χ2n) is 8.36. The summed E-state index contributed by atoms with van der Waals surface area (Å²) >= 11 is 0. The second-order valence-corrected chi connectivity index (χ2v) is 8.36. The van der Waals surface area contributed by atoms with Gasteiger partial charge in [-0.25, -0.2) is 9.97 Å². The fraction of sp³-hybridized carbons (Fsp3) is 0.296. The van der Waals surface area contributed by atoms with Gasteiger partial charge < -0.3 is 15.5 Å². The van der Waals surface area contributed by atoms with E-state index in [2.05, 4.69) is 68.4 Å². The van der Waals surface area contributed by atoms with E-state index in [1.165, 1.54) is 0 Å². The van der Waals surface area contributed by atoms with Gasteiger partial charge >= 0.3 is 0 Å². The van der Waals surface area contributed by atoms with E-state index in [1.807, 2.05) is 30.6 Å². The van der Waals surface area contributed by atoms with Crippen molar-refractivity contribution in [3.05, 3.63) is 72.4 Å². The highest BCUT2D eigenvalue weighted by molar-refractivity contribution is 7.59. The molecule has 0 fully saturated rings. The topological polar surface area (TPSA) is 95.9 Å². The smallest absolute Gasteiger partial charge is 0.251 e. The largest absolute Gasteiger partial charge is 0.371 e. The Morgan fingerprint density at radius 2 is 1.86 bits per heavy atom. The minimum absolute atomic E-state index is 0. The lowest BCUT2D eigenvalue weighted by atomic mass is 9.96. The summed E-state index contributed by atoms with van der Waals surface area (Å²) in [6, 6.07) is 11.8. The molecule has 0 spiro atoms. The first-order valence-corrected chi connectivity index (χ1v) is 11.9. The van der Waals surface area contributed by atoms with Crippen LogP contribution >= 0.6 is 13.5 Å². The van der Waals surface area contributed by atoms with Gasteiger partial charge in [-0.3, -0.25) is 14.8 Å². The average Bonchev–Trinajstić information content (AvgIpc) is 2.91. The van der Waals surface area contributed by atoms with Crippen LogP contribution < -0.4 is 15.5 Å². The number of nitrogens with zero attached hydrogens (tertiary/aromatic N) is 5. The number of carbonyl (C=O) groups is 1. The molecule has 9 heteroatoms. The average molecular weight is 504 g/mol. The van der Waals surface area contributed by atoms with Crippen molar-refractivity contribution in [1.29, 1.82) is 0 Å². The first-order valence-electron chi connectivity index (χ1n) is 11.9. The number of hydrogen-bond donors (Lipinski definition) is 2. The molecule has 0 saturated heterocycles. The summed E-state index contributed by atoms with van der Waals surface area (Å²) in [7, 11) is 1.64. The van der Waals surface area contributed by atoms with E-state index in [4.69, 9.17) is 0 Å². The van der Waals surface area contributed by atoms with Crippen molar-refractivity contribution in [2.45, 2.75) is 26.7 Å². The third-order valence-corrected chi connectivity index (χ3v) is 6.21. The van der Waals surface area contributed by atoms with Gasteiger partial charge in [-0.2, -0.15) is 13.5 Å². The van der Waals surface area contributed by atoms with E-state index in [-0.39, 0.29) is 25.3 Å². The summed E-state index contributed by atoms with van der Waals surface area (Å²) in [5.41, 5.74) is 5.39. The third-order valence-electron chi connectivity index (χ3n) is 6.21. The highest BCUT2D eigenvalue weighted by atomic mass is 32.1. The van der Waals surface area contributed by atoms with E-state index in [1.54, 1.807) is 25.6 Å². The molecule has 1 amide bonds. The Balaban J connectivity index is 0.00000361. The van der Waals surface area contributed by atoms with Crippen molar-refractivity contribution in [2.75, 3.05) is 36.9 Å². The predicted octanol–water partition coefficient (Wildman–Crippen LogP) is 4.62. The number of benzene rings is 1. The molecule has 1 aromatic carbocycles. The van der Waals surface area contributed by atoms with Gasteiger partial charge in [0.25, 0.3) is 5.91 Å². The molecule has 0 saturated carbocycles. The van der Waals surface area contributed by atoms with E-state index >= 15 is 0 Å². The van der Waals surface area contributed by atoms with Crippen LogP contribution in [0.15, 0.2) is 61.3 Å². The lowest BCUT2D eigenvalue weighted by Gasteiger charge is -2.21. The number of pyridine rings is 2. The van der Waals surface area contributed by atoms with Gasteiger partial charge in [0.2, 0.25) is 0 Å². The molecule has 1 atom stereocenters. The van der Waals surface area contributed by atoms with Crippen LogP contribution in [0, 0.1) is 0 Å². The Labute approximate surface area is 219 Å². The van der Waals surface area contributed by atoms with Crippen LogP contribution in [0.4, 0.5) is 11.5 Å². The Bertz CT molecular complexity index is 1330. The van der Waals surface area contributed by atoms with Gasteiger partial charge in [-0.1, -0.05) is 25.1 Å². The van der Waals surface area contributed by atoms with Crippen LogP contribution in [0.25, 0.3) is 22.2 Å². The van der Waals surface area contributed by atoms with E-state index in [9.17, 15) is 4.79 Å². The van der Waals surface area contributed by atoms with Crippen molar-refractivity contribution in [3.63, 3.8) is 0 Å². The summed E-state index contributed by atoms with van der Waals surface area (Å²) in [6.07, 6.45) is 6.97. The number of anilines is 2. The van der Waals surface area contributed by atoms with Crippen molar-refractivity contribution >= 4 is 41.8 Å². The number of nitrogens with one attached hydrogen (secondary N) is 2. The maximum atomic E-state index is 12.3. The number of aromatic nitrogens is 4. The normalized spacial score (nSPS) is 11.4. The van der Waals surface area contributed by atoms with Crippen molar-refractivity contribution in [2.24, 2.45) is 0 Å². The zero-order valence-corrected chi connectivity index (χ0v) is 22.1. The maximum absolute atomic E-state index is 12.3. The molecule has 0 aliphatic heterocycles. The van der Waals surface area contributed by atoms with E-state index < -0.39 is 0 Å². The highest BCUT2D eigenvalue weighted by Crippen LogP contribution is 2.27. The van der Waals surface area contributed by atoms with Crippen LogP contribution in [-0.2, 0) is 0 Å². The Kier molecular flexibility index (Phi) is 9.19. The number of amides is 1. The SMILES string of the molecule is CCN(CC)c1cncc(-c2cc(NC[C@@H](C)c3cccc4c(C(=O)NC)ccnc34)ncn2)c1.S. The standard InChI is InChI=1S/C27H31N7O.H2S/c1-5-34(6-2)20-12-19(15-29-16-20)24-13-25(33-17-32-24)31-14-18(3)21-8-7-9-22-23(27(35)28-4)10-11-30-26(21)22;/h7-13,15-18H,5-6,14H2,1-4H3,(H,28,35)(H,31,32,33);1H2/t18-;/m1./s1. The van der Waals surface area contributed by atoms with Gasteiger partial charge in [-0.15, -0.1) is 0 Å². The van der Waals surface area contributed by atoms with Crippen LogP contribution in [0.3, 0.4) is 0 Å². The lowest BCUT2D eigenvalue weighted by molar-refractivity contribution is 0.0964. The number of para-hydroxylation sites is 1. The Hall–Kier alpha value is -3.72. The molecule has 188 valence electrons. The van der Waals surface area contributed by atoms with Gasteiger partial charge in [-0.05, 0) is 31.5 Å². The summed E-state index contributed by atoms with van der Waals surface area (Å²) in [5, 5.41) is 6.99. The fourth-order valence-electron chi connectivity index (χ4n) is 4.24. The van der Waals surface area contributed by atoms with Crippen LogP contribution in [0.2, 0.25) is 0 Å². The molecule has 4 rings (SSSR count). The quantitative estimate of drug-likeness (QED) is 0.344. The van der Waals surface area contributed by atoms with Gasteiger partial charge in [0.15, 0.2) is 0 Å². The summed E-state index contributed by atoms with van der Waals surface area (Å²) in [5.74, 6) is 0.764. The first kappa shape index (κ1) is 26.9. The van der Waals surface area contributed by atoms with Crippen molar-refractivity contribution in [1.82, 2.24) is 25.3 Å². The van der Waals surface area contributed by atoms with Crippen molar-refractivity contribution in [3.8, 4) is 11.3 Å². The third kappa shape index (κ3) is 5.73. The molecular weight excluding hydrogens is 470 g/mol. The highest BCUT2D eigenvalue weighted by Gasteiger charge is 2.15. The molecule has 3 heterocycles. The van der Waals surface area contributed by atoms with Gasteiger partial charge in [0, 0.05) is 62.0 Å². The molecule has 3 aromatic heterocycles. The number of fused-ring (bicyclic) bond motifs is 1. The first-order chi connectivity index (χ1) is 17.0. The molecule has 0 radical (unpaired) electrons. The number of hydrogen-bond acceptors (Lipinski definition) is 7. The lowest BCUT2D eigenvalue weighted by Crippen LogP contribution is -2.21. The summed E-state index contributed by atoms with van der Waals surface area (Å²) < 4.78 is 0. The zero-order chi connectivity index (χ0) is 24.8. The maximum Gasteiger partial charge on any atom is 0.251 e. The summed E-state index contributed by atoms with van der Waals surface area (Å²) in [6.45, 7) is 8.89. The number of carbonyl (C=O) groups excluding carboxylic acids is 1. The fourth-order valence-corrected chi connectivity index (χ4v) is 4.24. The molecule has 0 bridgehead atoms. The van der Waals surface area contributed by atoms with Crippen LogP contribution in [0.1, 0.15) is 42.6 Å². The second kappa shape index (κ2) is 12.3. The van der Waals surface area contributed by atoms with Crippen molar-refractivity contribution < 1.29 is 4.79 Å². The van der Waals surface area contributed by atoms with Gasteiger partial charge in [0.05, 0.1) is 28.7 Å². The molecule has 0 unspecified atom stereocenters. The molecule has 36 heavy (non-hydrogen) atoms. The molecule has 4 aromatic rings. The minimum Gasteiger partial charge on any atom is -0.371 e. The molecular formula is C27H33N7OS. The zero-order valence-electron chi connectivity index (χ0n) is 21.1. The van der Waals surface area contributed by atoms with Gasteiger partial charge in [0.1, 0.15) is 12.1 Å². The molecule has 0 aliphatic rings. The summed E-state index contributed by atoms with van der Waals surface area (Å²) in [4.78, 5) is 32.4. The minimum atomic E-state index is -0.117. The molecule has 0 aliphatic carbocycles. The van der Waals surface area contributed by atoms with Crippen LogP contribution in [-0.4, -0.2) is 52.5 Å². The molecule has 8 nitrogen and oxygen atoms in total. The van der Waals surface area contributed by atoms with E-state index in [0.29, 0.717) is 12.1 Å². The van der Waals surface area contributed by atoms with E-state index in [0.717, 1.165) is 52.3 Å². The Morgan fingerprint density at radius 1 is 1.06 bits per heavy atom.